The summed E-state index contributed by atoms with van der Waals surface area (Å²) in [6.07, 6.45) is 0. The van der Waals surface area contributed by atoms with Crippen LogP contribution in [-0.4, -0.2) is 20.6 Å². The van der Waals surface area contributed by atoms with E-state index in [1.807, 2.05) is 0 Å². The van der Waals surface area contributed by atoms with Crippen LogP contribution in [0.2, 0.25) is 0 Å². The Morgan fingerprint density at radius 2 is 1.96 bits per heavy atom. The highest BCUT2D eigenvalue weighted by molar-refractivity contribution is 8.00. The zero-order valence-electron chi connectivity index (χ0n) is 14.1. The second-order valence-electron chi connectivity index (χ2n) is 5.86. The van der Waals surface area contributed by atoms with Gasteiger partial charge >= 0.3 is 0 Å². The highest BCUT2D eigenvalue weighted by Crippen LogP contribution is 2.26. The summed E-state index contributed by atoms with van der Waals surface area (Å²) in [6.45, 7) is 4.91. The molecule has 0 radical (unpaired) electrons. The average Bonchev–Trinajstić information content (AvgIpc) is 2.58. The summed E-state index contributed by atoms with van der Waals surface area (Å²) < 4.78 is 15.4. The molecule has 0 amide bonds. The Hall–Kier alpha value is -2.47. The zero-order valence-corrected chi connectivity index (χ0v) is 14.9. The number of rotatable bonds is 4. The number of para-hydroxylation sites is 1. The molecule has 1 atom stereocenters. The average molecular weight is 356 g/mol. The van der Waals surface area contributed by atoms with Crippen molar-refractivity contribution in [1.82, 2.24) is 9.55 Å². The highest BCUT2D eigenvalue weighted by atomic mass is 32.2. The predicted molar refractivity (Wildman–Crippen MR) is 98.0 cm³/mol. The number of ketones is 1. The van der Waals surface area contributed by atoms with Crippen LogP contribution < -0.4 is 5.56 Å². The Morgan fingerprint density at radius 1 is 1.24 bits per heavy atom. The molecule has 1 unspecified atom stereocenters. The van der Waals surface area contributed by atoms with Gasteiger partial charge in [-0.25, -0.2) is 9.37 Å². The number of hydrogen-bond donors (Lipinski definition) is 0. The summed E-state index contributed by atoms with van der Waals surface area (Å²) >= 11 is 1.19. The molecule has 0 fully saturated rings. The van der Waals surface area contributed by atoms with Gasteiger partial charge in [0.2, 0.25) is 0 Å². The van der Waals surface area contributed by atoms with Crippen LogP contribution in [0.25, 0.3) is 16.6 Å². The minimum Gasteiger partial charge on any atom is -0.299 e. The van der Waals surface area contributed by atoms with Gasteiger partial charge in [0.25, 0.3) is 5.56 Å². The summed E-state index contributed by atoms with van der Waals surface area (Å²) in [5.74, 6) is -0.415. The largest absolute Gasteiger partial charge is 0.299 e. The lowest BCUT2D eigenvalue weighted by molar-refractivity contribution is -0.116. The topological polar surface area (TPSA) is 52.0 Å². The Morgan fingerprint density at radius 3 is 2.64 bits per heavy atom. The molecule has 0 saturated carbocycles. The third-order valence-electron chi connectivity index (χ3n) is 4.01. The van der Waals surface area contributed by atoms with Gasteiger partial charge in [0, 0.05) is 0 Å². The third-order valence-corrected chi connectivity index (χ3v) is 5.18. The number of aryl methyl sites for hydroxylation is 1. The third kappa shape index (κ3) is 3.35. The van der Waals surface area contributed by atoms with Crippen molar-refractivity contribution in [2.45, 2.75) is 31.2 Å². The normalized spacial score (nSPS) is 12.3. The molecule has 128 valence electrons. The van der Waals surface area contributed by atoms with Gasteiger partial charge < -0.3 is 0 Å². The molecular formula is C19H17FN2O2S. The summed E-state index contributed by atoms with van der Waals surface area (Å²) in [6, 6.07) is 11.6. The van der Waals surface area contributed by atoms with Crippen molar-refractivity contribution in [2.24, 2.45) is 0 Å². The monoisotopic (exact) mass is 356 g/mol. The van der Waals surface area contributed by atoms with Crippen LogP contribution in [0.3, 0.4) is 0 Å². The fraction of sp³-hybridized carbons (Fsp3) is 0.211. The standard InChI is InChI=1S/C19H17FN2O2S/c1-11-8-9-14(10-16(11)20)22-18(24)15-6-4-5-7-17(15)21-19(22)25-13(3)12(2)23/h4-10,13H,1-3H3. The van der Waals surface area contributed by atoms with Gasteiger partial charge in [-0.15, -0.1) is 0 Å². The zero-order chi connectivity index (χ0) is 18.1. The number of hydrogen-bond acceptors (Lipinski definition) is 4. The summed E-state index contributed by atoms with van der Waals surface area (Å²) in [5, 5.41) is 0.451. The number of thioether (sulfide) groups is 1. The smallest absolute Gasteiger partial charge is 0.266 e. The van der Waals surface area contributed by atoms with E-state index in [4.69, 9.17) is 0 Å². The van der Waals surface area contributed by atoms with Crippen LogP contribution in [0.4, 0.5) is 4.39 Å². The van der Waals surface area contributed by atoms with E-state index < -0.39 is 5.82 Å². The van der Waals surface area contributed by atoms with Crippen molar-refractivity contribution in [2.75, 3.05) is 0 Å². The molecule has 25 heavy (non-hydrogen) atoms. The highest BCUT2D eigenvalue weighted by Gasteiger charge is 2.18. The Balaban J connectivity index is 2.29. The second-order valence-corrected chi connectivity index (χ2v) is 7.16. The van der Waals surface area contributed by atoms with Crippen molar-refractivity contribution in [3.8, 4) is 5.69 Å². The van der Waals surface area contributed by atoms with Crippen molar-refractivity contribution in [1.29, 1.82) is 0 Å². The summed E-state index contributed by atoms with van der Waals surface area (Å²) in [5.41, 5.74) is 1.16. The van der Waals surface area contributed by atoms with E-state index >= 15 is 0 Å². The molecule has 0 aliphatic carbocycles. The van der Waals surface area contributed by atoms with Crippen LogP contribution in [-0.2, 0) is 4.79 Å². The van der Waals surface area contributed by atoms with E-state index in [9.17, 15) is 14.0 Å². The number of benzene rings is 2. The molecule has 1 aromatic heterocycles. The van der Waals surface area contributed by atoms with Gasteiger partial charge in [0.05, 0.1) is 21.8 Å². The van der Waals surface area contributed by atoms with Crippen molar-refractivity contribution >= 4 is 28.4 Å². The predicted octanol–water partition coefficient (Wildman–Crippen LogP) is 3.90. The fourth-order valence-electron chi connectivity index (χ4n) is 2.38. The maximum Gasteiger partial charge on any atom is 0.266 e. The van der Waals surface area contributed by atoms with Crippen LogP contribution >= 0.6 is 11.8 Å². The maximum atomic E-state index is 14.0. The van der Waals surface area contributed by atoms with Gasteiger partial charge in [-0.05, 0) is 50.6 Å². The Labute approximate surface area is 148 Å². The summed E-state index contributed by atoms with van der Waals surface area (Å²) in [7, 11) is 0. The van der Waals surface area contributed by atoms with Crippen molar-refractivity contribution in [3.63, 3.8) is 0 Å². The van der Waals surface area contributed by atoms with E-state index in [1.54, 1.807) is 50.2 Å². The number of carbonyl (C=O) groups is 1. The first-order valence-corrected chi connectivity index (χ1v) is 8.72. The quantitative estimate of drug-likeness (QED) is 0.525. The van der Waals surface area contributed by atoms with Crippen LogP contribution in [0, 0.1) is 12.7 Å². The SMILES string of the molecule is CC(=O)C(C)Sc1nc2ccccc2c(=O)n1-c1ccc(C)c(F)c1. The fourth-order valence-corrected chi connectivity index (χ4v) is 3.31. The van der Waals surface area contributed by atoms with Crippen molar-refractivity contribution < 1.29 is 9.18 Å². The molecule has 1 heterocycles. The molecule has 2 aromatic carbocycles. The van der Waals surface area contributed by atoms with E-state index in [2.05, 4.69) is 4.98 Å². The van der Waals surface area contributed by atoms with E-state index in [0.29, 0.717) is 27.3 Å². The lowest BCUT2D eigenvalue weighted by Crippen LogP contribution is -2.23. The number of fused-ring (bicyclic) bond motifs is 1. The van der Waals surface area contributed by atoms with Gasteiger partial charge in [0.1, 0.15) is 11.6 Å². The van der Waals surface area contributed by atoms with Crippen molar-refractivity contribution in [3.05, 3.63) is 64.2 Å². The van der Waals surface area contributed by atoms with E-state index in [1.165, 1.54) is 29.3 Å². The molecule has 0 N–H and O–H groups in total. The van der Waals surface area contributed by atoms with E-state index in [-0.39, 0.29) is 16.6 Å². The molecule has 0 spiro atoms. The number of aromatic nitrogens is 2. The molecule has 6 heteroatoms. The second kappa shape index (κ2) is 6.80. The Kier molecular flexibility index (Phi) is 4.72. The minimum atomic E-state index is -0.395. The molecular weight excluding hydrogens is 339 g/mol. The van der Waals surface area contributed by atoms with Gasteiger partial charge in [-0.1, -0.05) is 30.0 Å². The molecule has 0 aliphatic heterocycles. The molecule has 0 aliphatic rings. The molecule has 0 bridgehead atoms. The number of carbonyl (C=O) groups excluding carboxylic acids is 1. The first kappa shape index (κ1) is 17.4. The van der Waals surface area contributed by atoms with Gasteiger partial charge in [-0.3, -0.25) is 14.2 Å². The number of Topliss-reactive ketones (excluding diaryl/α,β-unsaturated/α-hetero) is 1. The number of nitrogens with zero attached hydrogens (tertiary/aromatic N) is 2. The van der Waals surface area contributed by atoms with Crippen LogP contribution in [0.5, 0.6) is 0 Å². The molecule has 0 saturated heterocycles. The van der Waals surface area contributed by atoms with E-state index in [0.717, 1.165) is 0 Å². The molecule has 4 nitrogen and oxygen atoms in total. The van der Waals surface area contributed by atoms with Gasteiger partial charge in [0.15, 0.2) is 5.16 Å². The summed E-state index contributed by atoms with van der Waals surface area (Å²) in [4.78, 5) is 29.2. The maximum absolute atomic E-state index is 14.0. The Bertz CT molecular complexity index is 1030. The first-order chi connectivity index (χ1) is 11.9. The number of halogens is 1. The minimum absolute atomic E-state index is 0.0194. The first-order valence-electron chi connectivity index (χ1n) is 7.84. The van der Waals surface area contributed by atoms with Gasteiger partial charge in [-0.2, -0.15) is 0 Å². The lowest BCUT2D eigenvalue weighted by Gasteiger charge is -2.15. The lowest BCUT2D eigenvalue weighted by atomic mass is 10.2. The van der Waals surface area contributed by atoms with Crippen LogP contribution in [0.15, 0.2) is 52.4 Å². The molecule has 3 rings (SSSR count). The van der Waals surface area contributed by atoms with Crippen LogP contribution in [0.1, 0.15) is 19.4 Å². The molecule has 3 aromatic rings.